The van der Waals surface area contributed by atoms with Crippen molar-refractivity contribution in [1.29, 1.82) is 0 Å². The fourth-order valence-corrected chi connectivity index (χ4v) is 1.02. The second-order valence-corrected chi connectivity index (χ2v) is 2.69. The molecule has 1 N–H and O–H groups in total. The molecule has 0 radical (unpaired) electrons. The Morgan fingerprint density at radius 1 is 1.36 bits per heavy atom. The molecule has 0 amide bonds. The Morgan fingerprint density at radius 3 is 2.50 bits per heavy atom. The molecule has 0 fully saturated rings. The Labute approximate surface area is 80.9 Å². The number of nitroso groups, excluding NO2 is 1. The number of hydrogen-bond donors (Lipinski definition) is 1. The van der Waals surface area contributed by atoms with Crippen LogP contribution in [-0.2, 0) is 11.2 Å². The molecule has 1 rings (SSSR count). The number of allylic oxidation sites excluding steroid dienone is 1. The molecule has 1 aromatic rings. The summed E-state index contributed by atoms with van der Waals surface area (Å²) in [5.74, 6) is -0.492. The zero-order chi connectivity index (χ0) is 10.4. The molecule has 14 heavy (non-hydrogen) atoms. The molecule has 0 aliphatic heterocycles. The van der Waals surface area contributed by atoms with Gasteiger partial charge in [0.25, 0.3) is 0 Å². The summed E-state index contributed by atoms with van der Waals surface area (Å²) >= 11 is 0. The van der Waals surface area contributed by atoms with E-state index in [1.807, 2.05) is 6.07 Å². The molecule has 0 saturated heterocycles. The smallest absolute Gasteiger partial charge is 0.192 e. The monoisotopic (exact) mass is 191 g/mol. The van der Waals surface area contributed by atoms with Crippen LogP contribution < -0.4 is 0 Å². The molecule has 4 heteroatoms. The van der Waals surface area contributed by atoms with Crippen molar-refractivity contribution in [3.63, 3.8) is 0 Å². The third-order valence-electron chi connectivity index (χ3n) is 1.71. The lowest BCUT2D eigenvalue weighted by molar-refractivity contribution is -0.115. The maximum absolute atomic E-state index is 11.3. The highest BCUT2D eigenvalue weighted by atomic mass is 16.3. The van der Waals surface area contributed by atoms with E-state index in [0.29, 0.717) is 6.26 Å². The summed E-state index contributed by atoms with van der Waals surface area (Å²) in [6.45, 7) is 0. The molecule has 0 aliphatic carbocycles. The van der Waals surface area contributed by atoms with E-state index in [0.717, 1.165) is 5.56 Å². The van der Waals surface area contributed by atoms with Gasteiger partial charge in [-0.1, -0.05) is 30.3 Å². The molecule has 0 saturated carbocycles. The first kappa shape index (κ1) is 10.1. The summed E-state index contributed by atoms with van der Waals surface area (Å²) in [4.78, 5) is 21.3. The number of nitrogens with zero attached hydrogens (tertiary/aromatic N) is 1. The molecule has 0 unspecified atom stereocenters. The van der Waals surface area contributed by atoms with E-state index in [4.69, 9.17) is 5.11 Å². The second kappa shape index (κ2) is 4.91. The average Bonchev–Trinajstić information content (AvgIpc) is 2.21. The minimum atomic E-state index is -0.492. The number of aliphatic hydroxyl groups excluding tert-OH is 1. The lowest BCUT2D eigenvalue weighted by Gasteiger charge is -1.97. The third kappa shape index (κ3) is 2.52. The van der Waals surface area contributed by atoms with Crippen LogP contribution in [0.15, 0.2) is 47.5 Å². The number of hydrogen-bond acceptors (Lipinski definition) is 4. The second-order valence-electron chi connectivity index (χ2n) is 2.69. The molecule has 0 atom stereocenters. The number of Topliss-reactive ketones (excluding diaryl/α,β-unsaturated/α-hetero) is 1. The van der Waals surface area contributed by atoms with Crippen LogP contribution in [-0.4, -0.2) is 10.9 Å². The SMILES string of the molecule is O=NC(=CO)C(=O)Cc1ccccc1. The Balaban J connectivity index is 2.71. The zero-order valence-corrected chi connectivity index (χ0v) is 7.38. The fourth-order valence-electron chi connectivity index (χ4n) is 1.02. The molecule has 0 heterocycles. The first-order valence-electron chi connectivity index (χ1n) is 4.02. The molecule has 0 bridgehead atoms. The summed E-state index contributed by atoms with van der Waals surface area (Å²) in [5.41, 5.74) is 0.328. The van der Waals surface area contributed by atoms with Crippen molar-refractivity contribution >= 4 is 5.78 Å². The lowest BCUT2D eigenvalue weighted by Crippen LogP contribution is -2.04. The van der Waals surface area contributed by atoms with Gasteiger partial charge in [0.15, 0.2) is 11.5 Å². The van der Waals surface area contributed by atoms with Crippen LogP contribution in [0.3, 0.4) is 0 Å². The molecular weight excluding hydrogens is 182 g/mol. The van der Waals surface area contributed by atoms with Gasteiger partial charge in [0.1, 0.15) is 6.26 Å². The van der Waals surface area contributed by atoms with E-state index in [1.54, 1.807) is 24.3 Å². The van der Waals surface area contributed by atoms with Crippen LogP contribution >= 0.6 is 0 Å². The Bertz CT molecular complexity index is 357. The number of benzene rings is 1. The van der Waals surface area contributed by atoms with Crippen LogP contribution in [0.25, 0.3) is 0 Å². The van der Waals surface area contributed by atoms with Crippen molar-refractivity contribution < 1.29 is 9.90 Å². The number of aliphatic hydroxyl groups is 1. The van der Waals surface area contributed by atoms with E-state index >= 15 is 0 Å². The van der Waals surface area contributed by atoms with Gasteiger partial charge in [0.05, 0.1) is 0 Å². The van der Waals surface area contributed by atoms with Crippen molar-refractivity contribution in [2.45, 2.75) is 6.42 Å². The van der Waals surface area contributed by atoms with Crippen molar-refractivity contribution in [3.8, 4) is 0 Å². The van der Waals surface area contributed by atoms with E-state index in [1.165, 1.54) is 0 Å². The van der Waals surface area contributed by atoms with Crippen LogP contribution in [0, 0.1) is 4.91 Å². The van der Waals surface area contributed by atoms with Crippen LogP contribution in [0.2, 0.25) is 0 Å². The number of rotatable bonds is 4. The number of ketones is 1. The summed E-state index contributed by atoms with van der Waals surface area (Å²) in [7, 11) is 0. The lowest BCUT2D eigenvalue weighted by atomic mass is 10.1. The van der Waals surface area contributed by atoms with Crippen molar-refractivity contribution in [2.24, 2.45) is 5.18 Å². The molecule has 0 spiro atoms. The topological polar surface area (TPSA) is 66.7 Å². The summed E-state index contributed by atoms with van der Waals surface area (Å²) < 4.78 is 0. The fraction of sp³-hybridized carbons (Fsp3) is 0.100. The van der Waals surface area contributed by atoms with E-state index in [-0.39, 0.29) is 6.42 Å². The Hall–Kier alpha value is -1.97. The standard InChI is InChI=1S/C10H9NO3/c12-7-9(11-14)10(13)6-8-4-2-1-3-5-8/h1-5,7,12H,6H2. The maximum atomic E-state index is 11.3. The predicted molar refractivity (Wildman–Crippen MR) is 51.7 cm³/mol. The van der Waals surface area contributed by atoms with Gasteiger partial charge in [0, 0.05) is 6.42 Å². The van der Waals surface area contributed by atoms with Gasteiger partial charge in [-0.2, -0.15) is 0 Å². The van der Waals surface area contributed by atoms with Gasteiger partial charge in [0.2, 0.25) is 0 Å². The average molecular weight is 191 g/mol. The predicted octanol–water partition coefficient (Wildman–Crippen LogP) is 1.96. The van der Waals surface area contributed by atoms with Gasteiger partial charge < -0.3 is 5.11 Å². The Kier molecular flexibility index (Phi) is 3.55. The summed E-state index contributed by atoms with van der Waals surface area (Å²) in [6.07, 6.45) is 0.497. The maximum Gasteiger partial charge on any atom is 0.192 e. The zero-order valence-electron chi connectivity index (χ0n) is 7.38. The van der Waals surface area contributed by atoms with E-state index in [2.05, 4.69) is 5.18 Å². The molecule has 0 aromatic heterocycles. The van der Waals surface area contributed by atoms with Crippen LogP contribution in [0.5, 0.6) is 0 Å². The van der Waals surface area contributed by atoms with Gasteiger partial charge in [-0.3, -0.25) is 4.79 Å². The number of carbonyl (C=O) groups is 1. The highest BCUT2D eigenvalue weighted by molar-refractivity contribution is 5.96. The van der Waals surface area contributed by atoms with Gasteiger partial charge in [-0.15, -0.1) is 4.91 Å². The van der Waals surface area contributed by atoms with Gasteiger partial charge >= 0.3 is 0 Å². The quantitative estimate of drug-likeness (QED) is 0.449. The molecule has 1 aromatic carbocycles. The highest BCUT2D eigenvalue weighted by Crippen LogP contribution is 2.05. The first-order valence-corrected chi connectivity index (χ1v) is 4.02. The normalized spacial score (nSPS) is 11.0. The Morgan fingerprint density at radius 2 is 2.00 bits per heavy atom. The minimum Gasteiger partial charge on any atom is -0.513 e. The highest BCUT2D eigenvalue weighted by Gasteiger charge is 2.10. The van der Waals surface area contributed by atoms with Crippen molar-refractivity contribution in [1.82, 2.24) is 0 Å². The summed E-state index contributed by atoms with van der Waals surface area (Å²) in [5, 5.41) is 10.9. The largest absolute Gasteiger partial charge is 0.513 e. The van der Waals surface area contributed by atoms with E-state index in [9.17, 15) is 9.70 Å². The first-order chi connectivity index (χ1) is 6.77. The van der Waals surface area contributed by atoms with E-state index < -0.39 is 11.5 Å². The van der Waals surface area contributed by atoms with Crippen molar-refractivity contribution in [3.05, 3.63) is 52.8 Å². The third-order valence-corrected chi connectivity index (χ3v) is 1.71. The number of carbonyl (C=O) groups excluding carboxylic acids is 1. The molecule has 72 valence electrons. The molecule has 0 aliphatic rings. The van der Waals surface area contributed by atoms with Gasteiger partial charge in [-0.25, -0.2) is 0 Å². The molecular formula is C10H9NO3. The van der Waals surface area contributed by atoms with Gasteiger partial charge in [-0.05, 0) is 10.7 Å². The molecule has 4 nitrogen and oxygen atoms in total. The van der Waals surface area contributed by atoms with Crippen LogP contribution in [0.1, 0.15) is 5.56 Å². The van der Waals surface area contributed by atoms with Crippen molar-refractivity contribution in [2.75, 3.05) is 0 Å². The minimum absolute atomic E-state index is 0.0684. The summed E-state index contributed by atoms with van der Waals surface area (Å²) in [6, 6.07) is 8.93. The van der Waals surface area contributed by atoms with Crippen LogP contribution in [0.4, 0.5) is 0 Å².